The molecule has 0 saturated carbocycles. The Kier molecular flexibility index (Phi) is 7.94. The van der Waals surface area contributed by atoms with E-state index in [9.17, 15) is 0 Å². The van der Waals surface area contributed by atoms with Crippen LogP contribution >= 0.6 is 0 Å². The molecule has 0 aromatic rings. The third kappa shape index (κ3) is 6.91. The molecule has 1 rings (SSSR count). The molecule has 1 heterocycles. The molecule has 0 bridgehead atoms. The number of rotatable bonds is 3. The summed E-state index contributed by atoms with van der Waals surface area (Å²) in [4.78, 5) is 2.66. The number of nitrogens with zero attached hydrogens (tertiary/aromatic N) is 1. The fourth-order valence-electron chi connectivity index (χ4n) is 2.21. The van der Waals surface area contributed by atoms with Crippen LogP contribution < -0.4 is 5.32 Å². The van der Waals surface area contributed by atoms with Gasteiger partial charge in [0.2, 0.25) is 0 Å². The van der Waals surface area contributed by atoms with Crippen molar-refractivity contribution < 1.29 is 0 Å². The molecule has 90 valence electrons. The van der Waals surface area contributed by atoms with Crippen molar-refractivity contribution in [2.45, 2.75) is 51.9 Å². The Bertz CT molecular complexity index is 124. The molecule has 0 radical (unpaired) electrons. The average molecular weight is 212 g/mol. The van der Waals surface area contributed by atoms with Gasteiger partial charge in [-0.1, -0.05) is 26.2 Å². The fourth-order valence-corrected chi connectivity index (χ4v) is 2.21. The summed E-state index contributed by atoms with van der Waals surface area (Å²) in [5, 5.41) is 3.53. The van der Waals surface area contributed by atoms with Gasteiger partial charge in [0.05, 0.1) is 0 Å². The first kappa shape index (κ1) is 13.0. The summed E-state index contributed by atoms with van der Waals surface area (Å²) in [5.41, 5.74) is 0. The van der Waals surface area contributed by atoms with Crippen molar-refractivity contribution >= 4 is 0 Å². The van der Waals surface area contributed by atoms with Crippen LogP contribution in [-0.2, 0) is 0 Å². The minimum atomic E-state index is 1.21. The summed E-state index contributed by atoms with van der Waals surface area (Å²) in [6.45, 7) is 8.68. The first-order valence-electron chi connectivity index (χ1n) is 6.86. The van der Waals surface area contributed by atoms with E-state index in [-0.39, 0.29) is 0 Å². The molecular formula is C13H28N2. The minimum Gasteiger partial charge on any atom is -0.317 e. The molecule has 0 amide bonds. The van der Waals surface area contributed by atoms with Crippen LogP contribution in [0.25, 0.3) is 0 Å². The monoisotopic (exact) mass is 212 g/mol. The molecule has 0 atom stereocenters. The summed E-state index contributed by atoms with van der Waals surface area (Å²) in [5.74, 6) is 0. The highest BCUT2D eigenvalue weighted by atomic mass is 15.1. The lowest BCUT2D eigenvalue weighted by molar-refractivity contribution is 0.261. The first-order valence-corrected chi connectivity index (χ1v) is 6.86. The fraction of sp³-hybridized carbons (Fsp3) is 1.00. The molecule has 1 saturated heterocycles. The van der Waals surface area contributed by atoms with Gasteiger partial charge in [-0.3, -0.25) is 0 Å². The van der Waals surface area contributed by atoms with Crippen molar-refractivity contribution in [2.24, 2.45) is 0 Å². The van der Waals surface area contributed by atoms with Gasteiger partial charge in [-0.05, 0) is 58.4 Å². The second-order valence-electron chi connectivity index (χ2n) is 4.71. The topological polar surface area (TPSA) is 15.3 Å². The van der Waals surface area contributed by atoms with E-state index in [1.165, 1.54) is 77.7 Å². The molecule has 2 nitrogen and oxygen atoms in total. The molecule has 1 aliphatic rings. The summed E-state index contributed by atoms with van der Waals surface area (Å²) >= 11 is 0. The van der Waals surface area contributed by atoms with E-state index in [4.69, 9.17) is 0 Å². The van der Waals surface area contributed by atoms with Crippen LogP contribution in [0.3, 0.4) is 0 Å². The van der Waals surface area contributed by atoms with E-state index in [1.807, 2.05) is 0 Å². The predicted octanol–water partition coefficient (Wildman–Crippen LogP) is 2.64. The lowest BCUT2D eigenvalue weighted by Crippen LogP contribution is -2.29. The molecule has 15 heavy (non-hydrogen) atoms. The first-order chi connectivity index (χ1) is 7.43. The van der Waals surface area contributed by atoms with Crippen molar-refractivity contribution in [1.82, 2.24) is 10.2 Å². The summed E-state index contributed by atoms with van der Waals surface area (Å²) in [6, 6.07) is 0. The van der Waals surface area contributed by atoms with Gasteiger partial charge in [0.1, 0.15) is 0 Å². The smallest absolute Gasteiger partial charge is 0.000664 e. The lowest BCUT2D eigenvalue weighted by atomic mass is 10.2. The Labute approximate surface area is 95.4 Å². The largest absolute Gasteiger partial charge is 0.317 e. The third-order valence-corrected chi connectivity index (χ3v) is 3.23. The average Bonchev–Trinajstić information content (AvgIpc) is 2.31. The molecule has 2 heteroatoms. The van der Waals surface area contributed by atoms with E-state index >= 15 is 0 Å². The van der Waals surface area contributed by atoms with Crippen molar-refractivity contribution in [2.75, 3.05) is 32.7 Å². The number of nitrogens with one attached hydrogen (secondary N) is 1. The van der Waals surface area contributed by atoms with E-state index in [2.05, 4.69) is 17.1 Å². The minimum absolute atomic E-state index is 1.21. The zero-order valence-electron chi connectivity index (χ0n) is 10.4. The number of hydrogen-bond donors (Lipinski definition) is 1. The molecule has 0 spiro atoms. The maximum atomic E-state index is 3.53. The Morgan fingerprint density at radius 1 is 0.933 bits per heavy atom. The van der Waals surface area contributed by atoms with Crippen LogP contribution in [0.15, 0.2) is 0 Å². The van der Waals surface area contributed by atoms with Crippen LogP contribution in [0.4, 0.5) is 0 Å². The van der Waals surface area contributed by atoms with Crippen LogP contribution in [0, 0.1) is 0 Å². The molecule has 1 aliphatic heterocycles. The summed E-state index contributed by atoms with van der Waals surface area (Å²) in [6.07, 6.45) is 9.63. The summed E-state index contributed by atoms with van der Waals surface area (Å²) < 4.78 is 0. The Balaban J connectivity index is 2.19. The maximum absolute atomic E-state index is 3.53. The lowest BCUT2D eigenvalue weighted by Gasteiger charge is -2.21. The predicted molar refractivity (Wildman–Crippen MR) is 67.3 cm³/mol. The van der Waals surface area contributed by atoms with Crippen LogP contribution in [-0.4, -0.2) is 37.6 Å². The highest BCUT2D eigenvalue weighted by Gasteiger charge is 2.04. The van der Waals surface area contributed by atoms with Gasteiger partial charge in [0, 0.05) is 0 Å². The van der Waals surface area contributed by atoms with Gasteiger partial charge < -0.3 is 10.2 Å². The van der Waals surface area contributed by atoms with Gasteiger partial charge in [-0.15, -0.1) is 0 Å². The zero-order chi connectivity index (χ0) is 10.8. The highest BCUT2D eigenvalue weighted by molar-refractivity contribution is 4.61. The number of hydrogen-bond acceptors (Lipinski definition) is 2. The van der Waals surface area contributed by atoms with Crippen molar-refractivity contribution in [3.05, 3.63) is 0 Å². The van der Waals surface area contributed by atoms with Gasteiger partial charge in [0.15, 0.2) is 0 Å². The SMILES string of the molecule is CCCCN1CCCCCCNCCC1. The van der Waals surface area contributed by atoms with Crippen molar-refractivity contribution in [1.29, 1.82) is 0 Å². The quantitative estimate of drug-likeness (QED) is 0.773. The molecule has 0 aliphatic carbocycles. The van der Waals surface area contributed by atoms with Crippen molar-refractivity contribution in [3.8, 4) is 0 Å². The Morgan fingerprint density at radius 3 is 2.53 bits per heavy atom. The standard InChI is InChI=1S/C13H28N2/c1-2-3-11-15-12-7-5-4-6-9-14-10-8-13-15/h14H,2-13H2,1H3. The highest BCUT2D eigenvalue weighted by Crippen LogP contribution is 2.05. The van der Waals surface area contributed by atoms with E-state index in [0.717, 1.165) is 0 Å². The van der Waals surface area contributed by atoms with E-state index in [1.54, 1.807) is 0 Å². The Morgan fingerprint density at radius 2 is 1.67 bits per heavy atom. The van der Waals surface area contributed by atoms with Gasteiger partial charge >= 0.3 is 0 Å². The normalized spacial score (nSPS) is 22.2. The van der Waals surface area contributed by atoms with Gasteiger partial charge in [-0.25, -0.2) is 0 Å². The van der Waals surface area contributed by atoms with E-state index in [0.29, 0.717) is 0 Å². The van der Waals surface area contributed by atoms with Gasteiger partial charge in [0.25, 0.3) is 0 Å². The molecule has 1 fully saturated rings. The molecule has 0 unspecified atom stereocenters. The van der Waals surface area contributed by atoms with Crippen LogP contribution in [0.5, 0.6) is 0 Å². The molecule has 0 aromatic carbocycles. The van der Waals surface area contributed by atoms with Crippen LogP contribution in [0.1, 0.15) is 51.9 Å². The summed E-state index contributed by atoms with van der Waals surface area (Å²) in [7, 11) is 0. The Hall–Kier alpha value is -0.0800. The molecule has 0 aromatic heterocycles. The second kappa shape index (κ2) is 9.17. The molecule has 1 N–H and O–H groups in total. The second-order valence-corrected chi connectivity index (χ2v) is 4.71. The van der Waals surface area contributed by atoms with Crippen molar-refractivity contribution in [3.63, 3.8) is 0 Å². The van der Waals surface area contributed by atoms with Crippen LogP contribution in [0.2, 0.25) is 0 Å². The maximum Gasteiger partial charge on any atom is -0.000664 e. The third-order valence-electron chi connectivity index (χ3n) is 3.23. The number of unbranched alkanes of at least 4 members (excludes halogenated alkanes) is 1. The van der Waals surface area contributed by atoms with Gasteiger partial charge in [-0.2, -0.15) is 0 Å². The van der Waals surface area contributed by atoms with E-state index < -0.39 is 0 Å². The molecular weight excluding hydrogens is 184 g/mol. The zero-order valence-corrected chi connectivity index (χ0v) is 10.4.